The number of benzene rings is 7. The minimum atomic E-state index is 0.229. The van der Waals surface area contributed by atoms with Gasteiger partial charge in [-0.05, 0) is 56.7 Å². The molecule has 59 heavy (non-hydrogen) atoms. The molecule has 2 aliphatic carbocycles. The van der Waals surface area contributed by atoms with Crippen LogP contribution in [0.1, 0.15) is 17.0 Å². The van der Waals surface area contributed by atoms with Gasteiger partial charge in [-0.3, -0.25) is 0 Å². The van der Waals surface area contributed by atoms with Crippen molar-refractivity contribution < 1.29 is 0 Å². The van der Waals surface area contributed by atoms with Crippen LogP contribution in [0.15, 0.2) is 218 Å². The van der Waals surface area contributed by atoms with Crippen LogP contribution in [0.2, 0.25) is 0 Å². The van der Waals surface area contributed by atoms with E-state index in [1.165, 1.54) is 42.4 Å². The molecule has 0 fully saturated rings. The highest BCUT2D eigenvalue weighted by molar-refractivity contribution is 7.25. The average Bonchev–Trinajstić information content (AvgIpc) is 3.71. The maximum atomic E-state index is 5.22. The second kappa shape index (κ2) is 14.9. The van der Waals surface area contributed by atoms with E-state index in [1.807, 2.05) is 23.5 Å². The van der Waals surface area contributed by atoms with E-state index in [1.54, 1.807) is 0 Å². The van der Waals surface area contributed by atoms with Gasteiger partial charge in [0, 0.05) is 48.7 Å². The molecule has 0 aliphatic heterocycles. The van der Waals surface area contributed by atoms with Crippen molar-refractivity contribution in [3.05, 3.63) is 229 Å². The van der Waals surface area contributed by atoms with Gasteiger partial charge < -0.3 is 0 Å². The fourth-order valence-corrected chi connectivity index (χ4v) is 9.98. The van der Waals surface area contributed by atoms with E-state index < -0.39 is 0 Å². The number of hydrogen-bond donors (Lipinski definition) is 0. The van der Waals surface area contributed by atoms with Gasteiger partial charge in [0.25, 0.3) is 0 Å². The first kappa shape index (κ1) is 34.9. The summed E-state index contributed by atoms with van der Waals surface area (Å²) in [5.41, 5.74) is 12.4. The average molecular weight is 772 g/mol. The maximum Gasteiger partial charge on any atom is 0.164 e. The highest BCUT2D eigenvalue weighted by Gasteiger charge is 2.30. The normalized spacial score (nSPS) is 15.9. The Hall–Kier alpha value is -7.27. The smallest absolute Gasteiger partial charge is 0.164 e. The Morgan fingerprint density at radius 2 is 0.932 bits per heavy atom. The Labute approximate surface area is 347 Å². The van der Waals surface area contributed by atoms with Crippen molar-refractivity contribution in [1.82, 2.24) is 15.0 Å². The van der Waals surface area contributed by atoms with Crippen molar-refractivity contribution in [2.24, 2.45) is 5.92 Å². The largest absolute Gasteiger partial charge is 0.208 e. The van der Waals surface area contributed by atoms with Crippen LogP contribution < -0.4 is 0 Å². The second-order valence-corrected chi connectivity index (χ2v) is 16.1. The molecule has 0 spiro atoms. The predicted octanol–water partition coefficient (Wildman–Crippen LogP) is 14.4. The molecule has 3 nitrogen and oxygen atoms in total. The lowest BCUT2D eigenvalue weighted by molar-refractivity contribution is 0.678. The molecule has 2 aliphatic rings. The first-order chi connectivity index (χ1) is 29.3. The summed E-state index contributed by atoms with van der Waals surface area (Å²) in [5.74, 6) is 2.37. The van der Waals surface area contributed by atoms with Crippen molar-refractivity contribution in [1.29, 1.82) is 0 Å². The summed E-state index contributed by atoms with van der Waals surface area (Å²) in [4.78, 5) is 15.6. The first-order valence-electron chi connectivity index (χ1n) is 20.1. The summed E-state index contributed by atoms with van der Waals surface area (Å²) in [6, 6.07) is 62.0. The third kappa shape index (κ3) is 6.35. The Bertz CT molecular complexity index is 3050. The van der Waals surface area contributed by atoms with Crippen LogP contribution in [0.25, 0.3) is 82.2 Å². The molecular weight excluding hydrogens is 735 g/mol. The Morgan fingerprint density at radius 1 is 0.373 bits per heavy atom. The second-order valence-electron chi connectivity index (χ2n) is 15.0. The molecule has 11 rings (SSSR count). The van der Waals surface area contributed by atoms with Gasteiger partial charge in [0.05, 0.1) is 0 Å². The predicted molar refractivity (Wildman–Crippen MR) is 247 cm³/mol. The van der Waals surface area contributed by atoms with Crippen LogP contribution in [-0.2, 0) is 0 Å². The molecule has 9 aromatic rings. The zero-order valence-corrected chi connectivity index (χ0v) is 32.9. The van der Waals surface area contributed by atoms with E-state index in [-0.39, 0.29) is 11.8 Å². The number of allylic oxidation sites excluding steroid dienone is 8. The summed E-state index contributed by atoms with van der Waals surface area (Å²) >= 11 is 1.88. The van der Waals surface area contributed by atoms with Crippen molar-refractivity contribution in [2.75, 3.05) is 0 Å². The van der Waals surface area contributed by atoms with E-state index in [2.05, 4.69) is 200 Å². The van der Waals surface area contributed by atoms with Gasteiger partial charge >= 0.3 is 0 Å². The summed E-state index contributed by atoms with van der Waals surface area (Å²) < 4.78 is 2.68. The Kier molecular flexibility index (Phi) is 8.83. The third-order valence-corrected chi connectivity index (χ3v) is 12.8. The maximum absolute atomic E-state index is 5.22. The van der Waals surface area contributed by atoms with Gasteiger partial charge in [0.1, 0.15) is 0 Å². The zero-order valence-electron chi connectivity index (χ0n) is 32.1. The summed E-state index contributed by atoms with van der Waals surface area (Å²) in [5, 5.41) is 2.72. The van der Waals surface area contributed by atoms with E-state index in [0.29, 0.717) is 17.5 Å². The fourth-order valence-electron chi connectivity index (χ4n) is 8.84. The van der Waals surface area contributed by atoms with Gasteiger partial charge in [-0.25, -0.2) is 15.0 Å². The van der Waals surface area contributed by atoms with Crippen molar-refractivity contribution in [2.45, 2.75) is 5.92 Å². The molecule has 0 saturated heterocycles. The SMILES string of the molecule is C1=CC2=C(c3ccc(-c4nc(-c5ccccc5-c5ccccc5)nc(-c5ccccc5-c5ccccc5)n4)cc3)C=CC(c3cccc4sc5ccccc5c34)C2C=C1. The van der Waals surface area contributed by atoms with Gasteiger partial charge in [-0.15, -0.1) is 11.3 Å². The summed E-state index contributed by atoms with van der Waals surface area (Å²) in [6.07, 6.45) is 13.8. The minimum Gasteiger partial charge on any atom is -0.208 e. The standard InChI is InChI=1S/C55H37N3S/c1-3-16-36(17-4-1)40-20-7-11-24-47(40)54-56-53(57-55(58-54)48-25-12-8-21-41(48)37-18-5-2-6-19-37)39-32-30-38(31-33-39)42-34-35-45(44-23-10-9-22-43(42)44)46-27-15-29-51-52(46)49-26-13-14-28-50(49)59-51/h1-35,44-45H. The van der Waals surface area contributed by atoms with Crippen LogP contribution in [0, 0.1) is 5.92 Å². The van der Waals surface area contributed by atoms with Crippen LogP contribution in [0.3, 0.4) is 0 Å². The molecule has 2 unspecified atom stereocenters. The zero-order chi connectivity index (χ0) is 39.1. The topological polar surface area (TPSA) is 38.7 Å². The Balaban J connectivity index is 1.01. The number of thiophene rings is 1. The van der Waals surface area contributed by atoms with E-state index in [4.69, 9.17) is 15.0 Å². The van der Waals surface area contributed by atoms with Crippen molar-refractivity contribution in [3.63, 3.8) is 0 Å². The molecule has 0 bridgehead atoms. The minimum absolute atomic E-state index is 0.229. The van der Waals surface area contributed by atoms with Gasteiger partial charge in [-0.1, -0.05) is 200 Å². The molecule has 0 amide bonds. The molecule has 278 valence electrons. The monoisotopic (exact) mass is 771 g/mol. The van der Waals surface area contributed by atoms with Gasteiger partial charge in [0.15, 0.2) is 17.5 Å². The van der Waals surface area contributed by atoms with Crippen LogP contribution in [0.5, 0.6) is 0 Å². The van der Waals surface area contributed by atoms with E-state index >= 15 is 0 Å². The molecule has 2 heterocycles. The summed E-state index contributed by atoms with van der Waals surface area (Å²) in [6.45, 7) is 0. The van der Waals surface area contributed by atoms with Crippen LogP contribution >= 0.6 is 11.3 Å². The van der Waals surface area contributed by atoms with E-state index in [9.17, 15) is 0 Å². The molecule has 2 aromatic heterocycles. The highest BCUT2D eigenvalue weighted by atomic mass is 32.1. The molecule has 0 saturated carbocycles. The highest BCUT2D eigenvalue weighted by Crippen LogP contribution is 2.47. The lowest BCUT2D eigenvalue weighted by atomic mass is 9.72. The summed E-state index contributed by atoms with van der Waals surface area (Å²) in [7, 11) is 0. The number of rotatable bonds is 7. The van der Waals surface area contributed by atoms with E-state index in [0.717, 1.165) is 38.9 Å². The molecular formula is C55H37N3S. The fraction of sp³-hybridized carbons (Fsp3) is 0.0364. The number of hydrogen-bond acceptors (Lipinski definition) is 4. The van der Waals surface area contributed by atoms with Crippen molar-refractivity contribution >= 4 is 37.1 Å². The van der Waals surface area contributed by atoms with Crippen LogP contribution in [-0.4, -0.2) is 15.0 Å². The molecule has 0 N–H and O–H groups in total. The lowest BCUT2D eigenvalue weighted by Crippen LogP contribution is -2.17. The first-order valence-corrected chi connectivity index (χ1v) is 20.9. The molecule has 2 atom stereocenters. The lowest BCUT2D eigenvalue weighted by Gasteiger charge is -2.31. The Morgan fingerprint density at radius 3 is 1.61 bits per heavy atom. The number of fused-ring (bicyclic) bond motifs is 4. The van der Waals surface area contributed by atoms with Gasteiger partial charge in [-0.2, -0.15) is 0 Å². The molecule has 0 radical (unpaired) electrons. The molecule has 4 heteroatoms. The van der Waals surface area contributed by atoms with Gasteiger partial charge in [0.2, 0.25) is 0 Å². The quantitative estimate of drug-likeness (QED) is 0.162. The van der Waals surface area contributed by atoms with Crippen molar-refractivity contribution in [3.8, 4) is 56.4 Å². The number of aromatic nitrogens is 3. The number of nitrogens with zero attached hydrogens (tertiary/aromatic N) is 3. The third-order valence-electron chi connectivity index (χ3n) is 11.6. The van der Waals surface area contributed by atoms with Crippen LogP contribution in [0.4, 0.5) is 0 Å². The molecule has 7 aromatic carbocycles.